The molecule has 1 heterocycles. The fraction of sp³-hybridized carbons (Fsp3) is 0.556. The summed E-state index contributed by atoms with van der Waals surface area (Å²) in [5, 5.41) is 3.47. The van der Waals surface area contributed by atoms with E-state index >= 15 is 0 Å². The third-order valence-electron chi connectivity index (χ3n) is 4.18. The first-order valence-corrected chi connectivity index (χ1v) is 8.93. The predicted octanol–water partition coefficient (Wildman–Crippen LogP) is 3.38. The van der Waals surface area contributed by atoms with Gasteiger partial charge in [-0.15, -0.1) is 0 Å². The summed E-state index contributed by atoms with van der Waals surface area (Å²) in [4.78, 5) is 27.8. The van der Waals surface area contributed by atoms with Gasteiger partial charge in [-0.25, -0.2) is 0 Å². The van der Waals surface area contributed by atoms with Crippen LogP contribution in [0.3, 0.4) is 0 Å². The van der Waals surface area contributed by atoms with Gasteiger partial charge in [0.15, 0.2) is 0 Å². The Morgan fingerprint density at radius 3 is 2.42 bits per heavy atom. The lowest BCUT2D eigenvalue weighted by Crippen LogP contribution is -2.48. The summed E-state index contributed by atoms with van der Waals surface area (Å²) >= 11 is 6.40. The van der Waals surface area contributed by atoms with Gasteiger partial charge in [0.05, 0.1) is 10.7 Å². The Morgan fingerprint density at radius 1 is 1.21 bits per heavy atom. The summed E-state index contributed by atoms with van der Waals surface area (Å²) in [5.74, 6) is 0.133. The number of hydrogen-bond acceptors (Lipinski definition) is 3. The van der Waals surface area contributed by atoms with E-state index in [9.17, 15) is 9.59 Å². The second-order valence-corrected chi connectivity index (χ2v) is 6.84. The summed E-state index contributed by atoms with van der Waals surface area (Å²) in [7, 11) is 0. The van der Waals surface area contributed by atoms with Crippen molar-refractivity contribution in [2.24, 2.45) is 5.92 Å². The quantitative estimate of drug-likeness (QED) is 0.884. The van der Waals surface area contributed by atoms with E-state index in [1.54, 1.807) is 6.07 Å². The van der Waals surface area contributed by atoms with Gasteiger partial charge in [-0.1, -0.05) is 32.4 Å². The van der Waals surface area contributed by atoms with Crippen LogP contribution in [0.5, 0.6) is 0 Å². The van der Waals surface area contributed by atoms with Crippen LogP contribution in [0.1, 0.15) is 33.6 Å². The molecule has 1 N–H and O–H groups in total. The predicted molar refractivity (Wildman–Crippen MR) is 98.6 cm³/mol. The lowest BCUT2D eigenvalue weighted by Gasteiger charge is -2.36. The van der Waals surface area contributed by atoms with Gasteiger partial charge in [-0.3, -0.25) is 9.59 Å². The molecule has 5 nitrogen and oxygen atoms in total. The highest BCUT2D eigenvalue weighted by Crippen LogP contribution is 2.30. The molecule has 1 aliphatic heterocycles. The summed E-state index contributed by atoms with van der Waals surface area (Å²) in [6, 6.07) is 5.59. The molecule has 132 valence electrons. The number of hydrogen-bond donors (Lipinski definition) is 1. The Balaban J connectivity index is 1.98. The first-order valence-electron chi connectivity index (χ1n) is 8.55. The lowest BCUT2D eigenvalue weighted by atomic mass is 10.2. The molecule has 6 heteroatoms. The third kappa shape index (κ3) is 4.63. The molecule has 0 bridgehead atoms. The van der Waals surface area contributed by atoms with E-state index < -0.39 is 0 Å². The second kappa shape index (κ2) is 8.38. The van der Waals surface area contributed by atoms with E-state index in [0.717, 1.165) is 38.3 Å². The maximum absolute atomic E-state index is 12.0. The number of nitrogens with one attached hydrogen (secondary N) is 1. The van der Waals surface area contributed by atoms with Crippen LogP contribution in [0, 0.1) is 5.92 Å². The molecule has 0 radical (unpaired) electrons. The fourth-order valence-electron chi connectivity index (χ4n) is 2.70. The molecule has 1 aromatic carbocycles. The van der Waals surface area contributed by atoms with Crippen LogP contribution in [-0.4, -0.2) is 42.9 Å². The first kappa shape index (κ1) is 18.6. The van der Waals surface area contributed by atoms with Crippen molar-refractivity contribution in [1.29, 1.82) is 0 Å². The van der Waals surface area contributed by atoms with Crippen LogP contribution in [0.15, 0.2) is 18.2 Å². The summed E-state index contributed by atoms with van der Waals surface area (Å²) in [6.07, 6.45) is 1.50. The normalized spacial score (nSPS) is 14.9. The Hall–Kier alpha value is -1.75. The number of benzene rings is 1. The number of nitrogens with zero attached hydrogens (tertiary/aromatic N) is 2. The lowest BCUT2D eigenvalue weighted by molar-refractivity contribution is -0.131. The van der Waals surface area contributed by atoms with E-state index in [2.05, 4.69) is 10.2 Å². The number of carbonyl (C=O) groups is 2. The molecule has 1 saturated heterocycles. The summed E-state index contributed by atoms with van der Waals surface area (Å²) in [6.45, 7) is 8.71. The molecular weight excluding hydrogens is 326 g/mol. The molecule has 2 rings (SSSR count). The smallest absolute Gasteiger partial charge is 0.226 e. The Kier molecular flexibility index (Phi) is 6.49. The molecular formula is C18H26ClN3O2. The highest BCUT2D eigenvalue weighted by atomic mass is 35.5. The maximum Gasteiger partial charge on any atom is 0.226 e. The topological polar surface area (TPSA) is 52.7 Å². The zero-order valence-electron chi connectivity index (χ0n) is 14.6. The van der Waals surface area contributed by atoms with Crippen LogP contribution in [0.2, 0.25) is 5.02 Å². The molecule has 0 atom stereocenters. The maximum atomic E-state index is 12.0. The number of halogens is 1. The van der Waals surface area contributed by atoms with E-state index in [4.69, 9.17) is 11.6 Å². The van der Waals surface area contributed by atoms with Crippen molar-refractivity contribution in [2.75, 3.05) is 36.4 Å². The molecule has 0 unspecified atom stereocenters. The number of carbonyl (C=O) groups excluding carboxylic acids is 2. The van der Waals surface area contributed by atoms with Crippen LogP contribution in [0.25, 0.3) is 0 Å². The average molecular weight is 352 g/mol. The first-order chi connectivity index (χ1) is 11.4. The Morgan fingerprint density at radius 2 is 1.88 bits per heavy atom. The monoisotopic (exact) mass is 351 g/mol. The van der Waals surface area contributed by atoms with E-state index in [0.29, 0.717) is 17.1 Å². The van der Waals surface area contributed by atoms with Gasteiger partial charge in [0.1, 0.15) is 0 Å². The molecule has 0 aliphatic carbocycles. The van der Waals surface area contributed by atoms with E-state index in [1.807, 2.05) is 37.8 Å². The van der Waals surface area contributed by atoms with Gasteiger partial charge in [0, 0.05) is 44.2 Å². The van der Waals surface area contributed by atoms with Gasteiger partial charge in [-0.2, -0.15) is 0 Å². The zero-order chi connectivity index (χ0) is 17.7. The van der Waals surface area contributed by atoms with Crippen molar-refractivity contribution in [3.8, 4) is 0 Å². The SMILES string of the molecule is CCCC(=O)N1CCN(c2ccc(NC(=O)C(C)C)cc2Cl)CC1. The van der Waals surface area contributed by atoms with Crippen molar-refractivity contribution >= 4 is 34.8 Å². The van der Waals surface area contributed by atoms with Crippen molar-refractivity contribution in [1.82, 2.24) is 4.90 Å². The minimum absolute atomic E-state index is 0.0260. The molecule has 0 spiro atoms. The largest absolute Gasteiger partial charge is 0.367 e. The standard InChI is InChI=1S/C18H26ClN3O2/c1-4-5-17(23)22-10-8-21(9-11-22)16-7-6-14(12-15(16)19)20-18(24)13(2)3/h6-7,12-13H,4-5,8-11H2,1-3H3,(H,20,24). The Labute approximate surface area is 149 Å². The van der Waals surface area contributed by atoms with Crippen LogP contribution in [0.4, 0.5) is 11.4 Å². The zero-order valence-corrected chi connectivity index (χ0v) is 15.4. The second-order valence-electron chi connectivity index (χ2n) is 6.43. The summed E-state index contributed by atoms with van der Waals surface area (Å²) < 4.78 is 0. The van der Waals surface area contributed by atoms with Gasteiger partial charge < -0.3 is 15.1 Å². The average Bonchev–Trinajstić information content (AvgIpc) is 2.55. The van der Waals surface area contributed by atoms with Crippen molar-refractivity contribution in [2.45, 2.75) is 33.6 Å². The molecule has 0 saturated carbocycles. The molecule has 1 aromatic rings. The minimum atomic E-state index is -0.0720. The number of anilines is 2. The van der Waals surface area contributed by atoms with Crippen molar-refractivity contribution < 1.29 is 9.59 Å². The fourth-order valence-corrected chi connectivity index (χ4v) is 3.00. The molecule has 24 heavy (non-hydrogen) atoms. The molecule has 2 amide bonds. The number of piperazine rings is 1. The third-order valence-corrected chi connectivity index (χ3v) is 4.48. The van der Waals surface area contributed by atoms with E-state index in [1.165, 1.54) is 0 Å². The van der Waals surface area contributed by atoms with Crippen molar-refractivity contribution in [3.05, 3.63) is 23.2 Å². The van der Waals surface area contributed by atoms with Gasteiger partial charge >= 0.3 is 0 Å². The minimum Gasteiger partial charge on any atom is -0.367 e. The molecule has 0 aromatic heterocycles. The van der Waals surface area contributed by atoms with Gasteiger partial charge in [0.2, 0.25) is 11.8 Å². The highest BCUT2D eigenvalue weighted by Gasteiger charge is 2.22. The summed E-state index contributed by atoms with van der Waals surface area (Å²) in [5.41, 5.74) is 1.65. The van der Waals surface area contributed by atoms with Gasteiger partial charge in [0.25, 0.3) is 0 Å². The molecule has 1 fully saturated rings. The highest BCUT2D eigenvalue weighted by molar-refractivity contribution is 6.33. The van der Waals surface area contributed by atoms with Crippen LogP contribution >= 0.6 is 11.6 Å². The number of amides is 2. The Bertz CT molecular complexity index is 596. The number of rotatable bonds is 5. The van der Waals surface area contributed by atoms with Crippen molar-refractivity contribution in [3.63, 3.8) is 0 Å². The van der Waals surface area contributed by atoms with E-state index in [-0.39, 0.29) is 17.7 Å². The van der Waals surface area contributed by atoms with Gasteiger partial charge in [-0.05, 0) is 24.6 Å². The van der Waals surface area contributed by atoms with Crippen LogP contribution < -0.4 is 10.2 Å². The molecule has 1 aliphatic rings. The van der Waals surface area contributed by atoms with Crippen LogP contribution in [-0.2, 0) is 9.59 Å².